The molecular weight excluding hydrogens is 331 g/mol. The maximum Gasteiger partial charge on any atom is 0.142 e. The zero-order valence-corrected chi connectivity index (χ0v) is 15.9. The lowest BCUT2D eigenvalue weighted by molar-refractivity contribution is 0.252. The standard InChI is InChI=1S/C23H28ClF/c1-2-3-17-4-6-18(7-5-17)8-9-19-10-12-20(13-11-19)21-14-15-22(24)23(25)16-21/h10-18H,2-9H2,1H3/t17-,18-. The van der Waals surface area contributed by atoms with Crippen molar-refractivity contribution in [2.45, 2.75) is 58.3 Å². The first-order valence-corrected chi connectivity index (χ1v) is 10.1. The summed E-state index contributed by atoms with van der Waals surface area (Å²) in [5.41, 5.74) is 3.30. The van der Waals surface area contributed by atoms with E-state index in [0.717, 1.165) is 29.4 Å². The number of rotatable bonds is 6. The van der Waals surface area contributed by atoms with Gasteiger partial charge in [-0.25, -0.2) is 4.39 Å². The molecule has 0 spiro atoms. The molecule has 0 atom stereocenters. The molecule has 0 aromatic heterocycles. The average molecular weight is 359 g/mol. The van der Waals surface area contributed by atoms with Crippen molar-refractivity contribution in [1.29, 1.82) is 0 Å². The fourth-order valence-corrected chi connectivity index (χ4v) is 4.24. The van der Waals surface area contributed by atoms with Gasteiger partial charge in [0.2, 0.25) is 0 Å². The Morgan fingerprint density at radius 3 is 2.08 bits per heavy atom. The zero-order chi connectivity index (χ0) is 17.6. The van der Waals surface area contributed by atoms with E-state index in [-0.39, 0.29) is 10.8 Å². The van der Waals surface area contributed by atoms with Crippen molar-refractivity contribution in [2.24, 2.45) is 11.8 Å². The lowest BCUT2D eigenvalue weighted by Gasteiger charge is -2.28. The van der Waals surface area contributed by atoms with Crippen LogP contribution in [0, 0.1) is 17.7 Å². The van der Waals surface area contributed by atoms with Gasteiger partial charge in [0.1, 0.15) is 5.82 Å². The highest BCUT2D eigenvalue weighted by molar-refractivity contribution is 6.30. The first kappa shape index (κ1) is 18.5. The van der Waals surface area contributed by atoms with Crippen molar-refractivity contribution >= 4 is 11.6 Å². The highest BCUT2D eigenvalue weighted by atomic mass is 35.5. The Kier molecular flexibility index (Phi) is 6.53. The van der Waals surface area contributed by atoms with Gasteiger partial charge in [0.15, 0.2) is 0 Å². The Bertz CT molecular complexity index is 669. The van der Waals surface area contributed by atoms with Crippen molar-refractivity contribution in [1.82, 2.24) is 0 Å². The van der Waals surface area contributed by atoms with Crippen LogP contribution in [0.25, 0.3) is 11.1 Å². The van der Waals surface area contributed by atoms with E-state index in [4.69, 9.17) is 11.6 Å². The Labute approximate surface area is 156 Å². The molecule has 25 heavy (non-hydrogen) atoms. The van der Waals surface area contributed by atoms with Gasteiger partial charge in [-0.05, 0) is 53.5 Å². The quantitative estimate of drug-likeness (QED) is 0.496. The van der Waals surface area contributed by atoms with E-state index in [1.54, 1.807) is 6.07 Å². The third-order valence-electron chi connectivity index (χ3n) is 5.71. The Morgan fingerprint density at radius 1 is 0.880 bits per heavy atom. The lowest BCUT2D eigenvalue weighted by Crippen LogP contribution is -2.15. The molecule has 1 fully saturated rings. The topological polar surface area (TPSA) is 0 Å². The van der Waals surface area contributed by atoms with E-state index >= 15 is 0 Å². The summed E-state index contributed by atoms with van der Waals surface area (Å²) in [5, 5.41) is 0.175. The molecule has 1 saturated carbocycles. The van der Waals surface area contributed by atoms with Gasteiger partial charge in [-0.1, -0.05) is 87.4 Å². The summed E-state index contributed by atoms with van der Waals surface area (Å²) in [7, 11) is 0. The second-order valence-electron chi connectivity index (χ2n) is 7.54. The van der Waals surface area contributed by atoms with E-state index in [0.29, 0.717) is 0 Å². The van der Waals surface area contributed by atoms with Crippen molar-refractivity contribution in [3.63, 3.8) is 0 Å². The molecule has 1 aliphatic carbocycles. The fraction of sp³-hybridized carbons (Fsp3) is 0.478. The van der Waals surface area contributed by atoms with E-state index in [1.165, 1.54) is 56.6 Å². The second kappa shape index (κ2) is 8.85. The average Bonchev–Trinajstić information content (AvgIpc) is 2.64. The van der Waals surface area contributed by atoms with Crippen LogP contribution in [0.3, 0.4) is 0 Å². The van der Waals surface area contributed by atoms with E-state index in [9.17, 15) is 4.39 Å². The molecule has 0 amide bonds. The maximum atomic E-state index is 13.6. The molecule has 0 N–H and O–H groups in total. The summed E-state index contributed by atoms with van der Waals surface area (Å²) >= 11 is 5.76. The predicted molar refractivity (Wildman–Crippen MR) is 106 cm³/mol. The highest BCUT2D eigenvalue weighted by Crippen LogP contribution is 2.34. The van der Waals surface area contributed by atoms with Crippen molar-refractivity contribution < 1.29 is 4.39 Å². The van der Waals surface area contributed by atoms with Crippen LogP contribution in [0.5, 0.6) is 0 Å². The zero-order valence-electron chi connectivity index (χ0n) is 15.1. The van der Waals surface area contributed by atoms with Crippen LogP contribution in [0.2, 0.25) is 5.02 Å². The van der Waals surface area contributed by atoms with Crippen LogP contribution >= 0.6 is 11.6 Å². The minimum Gasteiger partial charge on any atom is -0.205 e. The van der Waals surface area contributed by atoms with Gasteiger partial charge in [-0.15, -0.1) is 0 Å². The first-order chi connectivity index (χ1) is 12.2. The third-order valence-corrected chi connectivity index (χ3v) is 6.02. The van der Waals surface area contributed by atoms with E-state index < -0.39 is 0 Å². The summed E-state index contributed by atoms with van der Waals surface area (Å²) in [6.45, 7) is 2.30. The van der Waals surface area contributed by atoms with Gasteiger partial charge in [0, 0.05) is 0 Å². The number of hydrogen-bond acceptors (Lipinski definition) is 0. The molecule has 0 heterocycles. The molecule has 0 unspecified atom stereocenters. The van der Waals surface area contributed by atoms with Crippen molar-refractivity contribution in [3.8, 4) is 11.1 Å². The normalized spacial score (nSPS) is 20.6. The molecule has 2 heteroatoms. The molecule has 2 aromatic carbocycles. The predicted octanol–water partition coefficient (Wildman–Crippen LogP) is 7.69. The van der Waals surface area contributed by atoms with Gasteiger partial charge in [-0.3, -0.25) is 0 Å². The van der Waals surface area contributed by atoms with Crippen LogP contribution < -0.4 is 0 Å². The molecular formula is C23H28ClF. The number of aryl methyl sites for hydroxylation is 1. The molecule has 0 radical (unpaired) electrons. The maximum absolute atomic E-state index is 13.6. The Hall–Kier alpha value is -1.34. The van der Waals surface area contributed by atoms with Gasteiger partial charge < -0.3 is 0 Å². The van der Waals surface area contributed by atoms with Gasteiger partial charge in [0.25, 0.3) is 0 Å². The summed E-state index contributed by atoms with van der Waals surface area (Å²) in [4.78, 5) is 0. The molecule has 0 aliphatic heterocycles. The summed E-state index contributed by atoms with van der Waals surface area (Å²) in [6, 6.07) is 13.6. The first-order valence-electron chi connectivity index (χ1n) is 9.70. The summed E-state index contributed by atoms with van der Waals surface area (Å²) in [5.74, 6) is 1.53. The Morgan fingerprint density at radius 2 is 1.48 bits per heavy atom. The minimum absolute atomic E-state index is 0.175. The molecule has 0 bridgehead atoms. The van der Waals surface area contributed by atoms with Crippen LogP contribution in [0.4, 0.5) is 4.39 Å². The minimum atomic E-state index is -0.359. The fourth-order valence-electron chi connectivity index (χ4n) is 4.13. The SMILES string of the molecule is CCC[C@H]1CC[C@H](CCc2ccc(-c3ccc(Cl)c(F)c3)cc2)CC1. The number of halogens is 2. The van der Waals surface area contributed by atoms with Gasteiger partial charge >= 0.3 is 0 Å². The van der Waals surface area contributed by atoms with E-state index in [2.05, 4.69) is 31.2 Å². The smallest absolute Gasteiger partial charge is 0.142 e. The Balaban J connectivity index is 1.52. The van der Waals surface area contributed by atoms with E-state index in [1.807, 2.05) is 6.07 Å². The van der Waals surface area contributed by atoms with Crippen LogP contribution in [0.15, 0.2) is 42.5 Å². The number of benzene rings is 2. The molecule has 3 rings (SSSR count). The van der Waals surface area contributed by atoms with Gasteiger partial charge in [-0.2, -0.15) is 0 Å². The van der Waals surface area contributed by atoms with Crippen LogP contribution in [-0.4, -0.2) is 0 Å². The second-order valence-corrected chi connectivity index (χ2v) is 7.95. The van der Waals surface area contributed by atoms with Crippen LogP contribution in [0.1, 0.15) is 57.4 Å². The van der Waals surface area contributed by atoms with Crippen molar-refractivity contribution in [3.05, 3.63) is 58.9 Å². The summed E-state index contributed by atoms with van der Waals surface area (Å²) < 4.78 is 13.6. The molecule has 1 aliphatic rings. The van der Waals surface area contributed by atoms with Crippen molar-refractivity contribution in [2.75, 3.05) is 0 Å². The molecule has 2 aromatic rings. The highest BCUT2D eigenvalue weighted by Gasteiger charge is 2.20. The number of hydrogen-bond donors (Lipinski definition) is 0. The molecule has 0 saturated heterocycles. The largest absolute Gasteiger partial charge is 0.205 e. The lowest BCUT2D eigenvalue weighted by atomic mass is 9.78. The van der Waals surface area contributed by atoms with Crippen LogP contribution in [-0.2, 0) is 6.42 Å². The monoisotopic (exact) mass is 358 g/mol. The molecule has 134 valence electrons. The summed E-state index contributed by atoms with van der Waals surface area (Å²) in [6.07, 6.45) is 10.9. The van der Waals surface area contributed by atoms with Gasteiger partial charge in [0.05, 0.1) is 5.02 Å². The third kappa shape index (κ3) is 5.07. The molecule has 0 nitrogen and oxygen atoms in total.